The molecular formula is C15H14ClNO3. The third-order valence-corrected chi connectivity index (χ3v) is 3.25. The Bertz CT molecular complexity index is 656. The number of nitro groups is 1. The van der Waals surface area contributed by atoms with Gasteiger partial charge in [-0.1, -0.05) is 18.2 Å². The van der Waals surface area contributed by atoms with E-state index in [9.17, 15) is 10.1 Å². The molecule has 2 aromatic rings. The zero-order chi connectivity index (χ0) is 14.7. The van der Waals surface area contributed by atoms with Crippen LogP contribution in [0.5, 0.6) is 11.5 Å². The van der Waals surface area contributed by atoms with Crippen molar-refractivity contribution in [3.63, 3.8) is 0 Å². The second-order valence-electron chi connectivity index (χ2n) is 4.56. The van der Waals surface area contributed by atoms with Crippen molar-refractivity contribution >= 4 is 17.3 Å². The van der Waals surface area contributed by atoms with E-state index in [2.05, 4.69) is 0 Å². The smallest absolute Gasteiger partial charge is 0.311 e. The summed E-state index contributed by atoms with van der Waals surface area (Å²) in [7, 11) is 0. The van der Waals surface area contributed by atoms with Gasteiger partial charge < -0.3 is 4.74 Å². The highest BCUT2D eigenvalue weighted by molar-refractivity contribution is 6.17. The van der Waals surface area contributed by atoms with Gasteiger partial charge in [0, 0.05) is 11.9 Å². The number of hydrogen-bond acceptors (Lipinski definition) is 3. The molecule has 20 heavy (non-hydrogen) atoms. The van der Waals surface area contributed by atoms with Crippen molar-refractivity contribution in [1.29, 1.82) is 0 Å². The lowest BCUT2D eigenvalue weighted by Gasteiger charge is -2.10. The zero-order valence-electron chi connectivity index (χ0n) is 11.2. The molecule has 2 rings (SSSR count). The minimum atomic E-state index is -0.449. The van der Waals surface area contributed by atoms with Gasteiger partial charge in [-0.15, -0.1) is 11.6 Å². The van der Waals surface area contributed by atoms with E-state index in [-0.39, 0.29) is 11.4 Å². The fourth-order valence-electron chi connectivity index (χ4n) is 1.81. The summed E-state index contributed by atoms with van der Waals surface area (Å²) in [6.07, 6.45) is 0. The Morgan fingerprint density at radius 3 is 2.55 bits per heavy atom. The maximum absolute atomic E-state index is 11.0. The van der Waals surface area contributed by atoms with E-state index in [4.69, 9.17) is 16.3 Å². The number of nitrogens with zero attached hydrogens (tertiary/aromatic N) is 1. The third-order valence-electron chi connectivity index (χ3n) is 2.94. The van der Waals surface area contributed by atoms with Gasteiger partial charge in [0.15, 0.2) is 0 Å². The van der Waals surface area contributed by atoms with E-state index in [1.165, 1.54) is 6.07 Å². The van der Waals surface area contributed by atoms with Crippen molar-refractivity contribution in [3.05, 3.63) is 63.2 Å². The van der Waals surface area contributed by atoms with Crippen LogP contribution in [0.15, 0.2) is 36.4 Å². The highest BCUT2D eigenvalue weighted by Gasteiger charge is 2.16. The van der Waals surface area contributed by atoms with Crippen LogP contribution < -0.4 is 4.74 Å². The topological polar surface area (TPSA) is 52.4 Å². The number of aryl methyl sites for hydroxylation is 2. The molecular weight excluding hydrogens is 278 g/mol. The number of halogens is 1. The molecule has 0 amide bonds. The fourth-order valence-corrected chi connectivity index (χ4v) is 1.98. The minimum absolute atomic E-state index is 0.0497. The van der Waals surface area contributed by atoms with Crippen molar-refractivity contribution in [3.8, 4) is 11.5 Å². The first-order valence-corrected chi connectivity index (χ1v) is 6.63. The summed E-state index contributed by atoms with van der Waals surface area (Å²) in [5.41, 5.74) is 2.65. The molecule has 0 bridgehead atoms. The molecule has 0 N–H and O–H groups in total. The van der Waals surface area contributed by atoms with Crippen molar-refractivity contribution in [2.24, 2.45) is 0 Å². The Kier molecular flexibility index (Phi) is 4.25. The number of rotatable bonds is 4. The standard InChI is InChI=1S/C15H14ClNO3/c1-10-3-6-13(17(18)19)15(7-10)20-14-8-12(9-16)5-4-11(14)2/h3-8H,9H2,1-2H3. The molecule has 0 aliphatic carbocycles. The molecule has 0 aliphatic heterocycles. The van der Waals surface area contributed by atoms with Crippen molar-refractivity contribution < 1.29 is 9.66 Å². The summed E-state index contributed by atoms with van der Waals surface area (Å²) in [5, 5.41) is 11.0. The first-order chi connectivity index (χ1) is 9.51. The summed E-state index contributed by atoms with van der Waals surface area (Å²) >= 11 is 5.80. The van der Waals surface area contributed by atoms with Gasteiger partial charge in [0.2, 0.25) is 5.75 Å². The monoisotopic (exact) mass is 291 g/mol. The van der Waals surface area contributed by atoms with Gasteiger partial charge >= 0.3 is 5.69 Å². The van der Waals surface area contributed by atoms with Crippen molar-refractivity contribution in [1.82, 2.24) is 0 Å². The molecule has 0 unspecified atom stereocenters. The quantitative estimate of drug-likeness (QED) is 0.464. The predicted octanol–water partition coefficient (Wildman–Crippen LogP) is 4.74. The maximum atomic E-state index is 11.0. The molecule has 4 nitrogen and oxygen atoms in total. The Morgan fingerprint density at radius 1 is 1.15 bits per heavy atom. The lowest BCUT2D eigenvalue weighted by molar-refractivity contribution is -0.385. The van der Waals surface area contributed by atoms with Crippen LogP contribution in [0, 0.1) is 24.0 Å². The molecule has 2 aromatic carbocycles. The van der Waals surface area contributed by atoms with Gasteiger partial charge in [-0.25, -0.2) is 0 Å². The van der Waals surface area contributed by atoms with Crippen molar-refractivity contribution in [2.45, 2.75) is 19.7 Å². The van der Waals surface area contributed by atoms with Crippen molar-refractivity contribution in [2.75, 3.05) is 0 Å². The third kappa shape index (κ3) is 3.08. The summed E-state index contributed by atoms with van der Waals surface area (Å²) in [6, 6.07) is 10.4. The van der Waals surface area contributed by atoms with Crippen LogP contribution in [0.2, 0.25) is 0 Å². The number of alkyl halides is 1. The summed E-state index contributed by atoms with van der Waals surface area (Å²) < 4.78 is 5.72. The first kappa shape index (κ1) is 14.3. The number of benzene rings is 2. The number of nitro benzene ring substituents is 1. The molecule has 0 radical (unpaired) electrons. The lowest BCUT2D eigenvalue weighted by Crippen LogP contribution is -1.95. The molecule has 0 fully saturated rings. The van der Waals surface area contributed by atoms with Crippen LogP contribution in [0.3, 0.4) is 0 Å². The molecule has 0 aliphatic rings. The van der Waals surface area contributed by atoms with Crippen LogP contribution >= 0.6 is 11.6 Å². The molecule has 0 aromatic heterocycles. The zero-order valence-corrected chi connectivity index (χ0v) is 12.0. The van der Waals surface area contributed by atoms with Gasteiger partial charge in [0.1, 0.15) is 5.75 Å². The molecule has 0 spiro atoms. The van der Waals surface area contributed by atoms with E-state index in [0.29, 0.717) is 11.6 Å². The van der Waals surface area contributed by atoms with E-state index < -0.39 is 4.92 Å². The fraction of sp³-hybridized carbons (Fsp3) is 0.200. The molecule has 0 saturated heterocycles. The number of hydrogen-bond donors (Lipinski definition) is 0. The largest absolute Gasteiger partial charge is 0.450 e. The van der Waals surface area contributed by atoms with Crippen LogP contribution in [0.4, 0.5) is 5.69 Å². The minimum Gasteiger partial charge on any atom is -0.450 e. The van der Waals surface area contributed by atoms with Gasteiger partial charge in [0.25, 0.3) is 0 Å². The van der Waals surface area contributed by atoms with E-state index >= 15 is 0 Å². The summed E-state index contributed by atoms with van der Waals surface area (Å²) in [4.78, 5) is 10.6. The SMILES string of the molecule is Cc1ccc([N+](=O)[O-])c(Oc2cc(CCl)ccc2C)c1. The van der Waals surface area contributed by atoms with Gasteiger partial charge in [0.05, 0.1) is 4.92 Å². The predicted molar refractivity (Wildman–Crippen MR) is 78.6 cm³/mol. The molecule has 0 atom stereocenters. The van der Waals surface area contributed by atoms with E-state index in [0.717, 1.165) is 16.7 Å². The van der Waals surface area contributed by atoms with Crippen LogP contribution in [0.1, 0.15) is 16.7 Å². The van der Waals surface area contributed by atoms with E-state index in [1.54, 1.807) is 18.2 Å². The van der Waals surface area contributed by atoms with Gasteiger partial charge in [-0.3, -0.25) is 10.1 Å². The highest BCUT2D eigenvalue weighted by atomic mass is 35.5. The maximum Gasteiger partial charge on any atom is 0.311 e. The van der Waals surface area contributed by atoms with Gasteiger partial charge in [-0.2, -0.15) is 0 Å². The Balaban J connectivity index is 2.43. The number of ether oxygens (including phenoxy) is 1. The molecule has 0 saturated carbocycles. The normalized spacial score (nSPS) is 10.3. The second kappa shape index (κ2) is 5.92. The lowest BCUT2D eigenvalue weighted by atomic mass is 10.1. The Morgan fingerprint density at radius 2 is 1.90 bits per heavy atom. The average Bonchev–Trinajstić information content (AvgIpc) is 2.41. The molecule has 0 heterocycles. The Hall–Kier alpha value is -2.07. The molecule has 5 heteroatoms. The van der Waals surface area contributed by atoms with Crippen LogP contribution in [-0.2, 0) is 5.88 Å². The summed E-state index contributed by atoms with van der Waals surface area (Å²) in [5.74, 6) is 1.19. The van der Waals surface area contributed by atoms with Crippen LogP contribution in [-0.4, -0.2) is 4.92 Å². The van der Waals surface area contributed by atoms with E-state index in [1.807, 2.05) is 26.0 Å². The second-order valence-corrected chi connectivity index (χ2v) is 4.83. The molecule has 104 valence electrons. The first-order valence-electron chi connectivity index (χ1n) is 6.09. The summed E-state index contributed by atoms with van der Waals surface area (Å²) in [6.45, 7) is 3.74. The highest BCUT2D eigenvalue weighted by Crippen LogP contribution is 2.34. The van der Waals surface area contributed by atoms with Gasteiger partial charge in [-0.05, 0) is 42.7 Å². The van der Waals surface area contributed by atoms with Crippen LogP contribution in [0.25, 0.3) is 0 Å². The Labute approximate surface area is 122 Å². The average molecular weight is 292 g/mol.